The molecule has 0 heterocycles. The number of methoxy groups -OCH3 is 1. The SMILES string of the molecule is COC(=O)c1ccc(Cl)c(NC(=O)C(=O)Nc2ccc(C(C)(C)C)cc2)c1. The third-order valence-electron chi connectivity index (χ3n) is 3.85. The number of carbonyl (C=O) groups is 3. The van der Waals surface area contributed by atoms with Crippen molar-refractivity contribution in [1.29, 1.82) is 0 Å². The Morgan fingerprint density at radius 2 is 1.52 bits per heavy atom. The monoisotopic (exact) mass is 388 g/mol. The molecule has 0 aromatic heterocycles. The maximum atomic E-state index is 12.1. The van der Waals surface area contributed by atoms with Gasteiger partial charge in [-0.25, -0.2) is 4.79 Å². The number of nitrogens with one attached hydrogen (secondary N) is 2. The molecule has 2 rings (SSSR count). The molecule has 2 N–H and O–H groups in total. The van der Waals surface area contributed by atoms with Gasteiger partial charge in [0, 0.05) is 5.69 Å². The van der Waals surface area contributed by atoms with Gasteiger partial charge in [0.15, 0.2) is 0 Å². The second-order valence-corrected chi connectivity index (χ2v) is 7.33. The summed E-state index contributed by atoms with van der Waals surface area (Å²) in [6.07, 6.45) is 0. The van der Waals surface area contributed by atoms with Gasteiger partial charge in [-0.1, -0.05) is 44.5 Å². The van der Waals surface area contributed by atoms with Gasteiger partial charge in [0.05, 0.1) is 23.4 Å². The third-order valence-corrected chi connectivity index (χ3v) is 4.18. The smallest absolute Gasteiger partial charge is 0.337 e. The highest BCUT2D eigenvalue weighted by Crippen LogP contribution is 2.25. The van der Waals surface area contributed by atoms with E-state index in [1.165, 1.54) is 25.3 Å². The molecule has 27 heavy (non-hydrogen) atoms. The molecule has 0 saturated carbocycles. The Morgan fingerprint density at radius 3 is 2.07 bits per heavy atom. The molecular formula is C20H21ClN2O4. The highest BCUT2D eigenvalue weighted by Gasteiger charge is 2.18. The molecule has 7 heteroatoms. The summed E-state index contributed by atoms with van der Waals surface area (Å²) in [6.45, 7) is 6.25. The van der Waals surface area contributed by atoms with Gasteiger partial charge >= 0.3 is 17.8 Å². The summed E-state index contributed by atoms with van der Waals surface area (Å²) < 4.78 is 4.62. The van der Waals surface area contributed by atoms with Crippen LogP contribution in [-0.2, 0) is 19.7 Å². The maximum absolute atomic E-state index is 12.1. The van der Waals surface area contributed by atoms with E-state index < -0.39 is 17.8 Å². The molecule has 0 aliphatic carbocycles. The zero-order valence-corrected chi connectivity index (χ0v) is 16.3. The molecular weight excluding hydrogens is 368 g/mol. The molecule has 0 saturated heterocycles. The number of anilines is 2. The first-order chi connectivity index (χ1) is 12.6. The fourth-order valence-electron chi connectivity index (χ4n) is 2.29. The van der Waals surface area contributed by atoms with E-state index >= 15 is 0 Å². The van der Waals surface area contributed by atoms with Crippen LogP contribution in [0.4, 0.5) is 11.4 Å². The van der Waals surface area contributed by atoms with E-state index in [1.54, 1.807) is 12.1 Å². The summed E-state index contributed by atoms with van der Waals surface area (Å²) in [6, 6.07) is 11.5. The van der Waals surface area contributed by atoms with Gasteiger partial charge in [0.25, 0.3) is 0 Å². The fourth-order valence-corrected chi connectivity index (χ4v) is 2.45. The normalized spacial score (nSPS) is 10.9. The summed E-state index contributed by atoms with van der Waals surface area (Å²) in [5.41, 5.74) is 1.94. The molecule has 0 unspecified atom stereocenters. The minimum atomic E-state index is -0.904. The van der Waals surface area contributed by atoms with Crippen LogP contribution in [0.1, 0.15) is 36.7 Å². The largest absolute Gasteiger partial charge is 0.465 e. The van der Waals surface area contributed by atoms with Gasteiger partial charge in [-0.3, -0.25) is 9.59 Å². The molecule has 142 valence electrons. The Hall–Kier alpha value is -2.86. The molecule has 2 amide bonds. The molecule has 0 fully saturated rings. The van der Waals surface area contributed by atoms with Gasteiger partial charge in [-0.2, -0.15) is 0 Å². The minimum absolute atomic E-state index is 0.0126. The second kappa shape index (κ2) is 8.22. The predicted octanol–water partition coefficient (Wildman–Crippen LogP) is 4.00. The lowest BCUT2D eigenvalue weighted by molar-refractivity contribution is -0.132. The van der Waals surface area contributed by atoms with Crippen LogP contribution in [0.5, 0.6) is 0 Å². The zero-order chi connectivity index (χ0) is 20.2. The Kier molecular flexibility index (Phi) is 6.23. The van der Waals surface area contributed by atoms with Gasteiger partial charge in [0.1, 0.15) is 0 Å². The van der Waals surface area contributed by atoms with Crippen LogP contribution in [0, 0.1) is 0 Å². The Labute approximate surface area is 162 Å². The van der Waals surface area contributed by atoms with Crippen molar-refractivity contribution >= 4 is 40.8 Å². The lowest BCUT2D eigenvalue weighted by atomic mass is 9.87. The molecule has 0 radical (unpaired) electrons. The Balaban J connectivity index is 2.08. The van der Waals surface area contributed by atoms with Crippen molar-refractivity contribution in [2.24, 2.45) is 0 Å². The molecule has 2 aromatic rings. The number of ether oxygens (including phenoxy) is 1. The first-order valence-corrected chi connectivity index (χ1v) is 8.60. The summed E-state index contributed by atoms with van der Waals surface area (Å²) >= 11 is 6.01. The molecule has 2 aromatic carbocycles. The van der Waals surface area contributed by atoms with Gasteiger partial charge in [-0.05, 0) is 41.3 Å². The maximum Gasteiger partial charge on any atom is 0.337 e. The van der Waals surface area contributed by atoms with Crippen LogP contribution < -0.4 is 10.6 Å². The van der Waals surface area contributed by atoms with E-state index in [0.29, 0.717) is 5.69 Å². The van der Waals surface area contributed by atoms with Gasteiger partial charge < -0.3 is 15.4 Å². The first kappa shape index (κ1) is 20.5. The number of hydrogen-bond donors (Lipinski definition) is 2. The van der Waals surface area contributed by atoms with Crippen molar-refractivity contribution in [2.45, 2.75) is 26.2 Å². The topological polar surface area (TPSA) is 84.5 Å². The third kappa shape index (κ3) is 5.31. The van der Waals surface area contributed by atoms with E-state index in [1.807, 2.05) is 12.1 Å². The average molecular weight is 389 g/mol. The van der Waals surface area contributed by atoms with Crippen molar-refractivity contribution < 1.29 is 19.1 Å². The number of halogens is 1. The summed E-state index contributed by atoms with van der Waals surface area (Å²) in [7, 11) is 1.24. The van der Waals surface area contributed by atoms with Crippen LogP contribution in [0.15, 0.2) is 42.5 Å². The predicted molar refractivity (Wildman–Crippen MR) is 105 cm³/mol. The highest BCUT2D eigenvalue weighted by atomic mass is 35.5. The van der Waals surface area contributed by atoms with Crippen LogP contribution in [0.3, 0.4) is 0 Å². The quantitative estimate of drug-likeness (QED) is 0.614. The van der Waals surface area contributed by atoms with E-state index in [4.69, 9.17) is 11.6 Å². The molecule has 0 aliphatic rings. The number of benzene rings is 2. The Morgan fingerprint density at radius 1 is 0.926 bits per heavy atom. The second-order valence-electron chi connectivity index (χ2n) is 6.92. The highest BCUT2D eigenvalue weighted by molar-refractivity contribution is 6.44. The van der Waals surface area contributed by atoms with E-state index in [9.17, 15) is 14.4 Å². The van der Waals surface area contributed by atoms with Crippen LogP contribution in [0.2, 0.25) is 5.02 Å². The summed E-state index contributed by atoms with van der Waals surface area (Å²) in [4.78, 5) is 35.9. The van der Waals surface area contributed by atoms with Crippen molar-refractivity contribution in [3.8, 4) is 0 Å². The lowest BCUT2D eigenvalue weighted by Crippen LogP contribution is -2.29. The number of hydrogen-bond acceptors (Lipinski definition) is 4. The van der Waals surface area contributed by atoms with Crippen LogP contribution in [-0.4, -0.2) is 24.9 Å². The van der Waals surface area contributed by atoms with E-state index in [0.717, 1.165) is 5.56 Å². The first-order valence-electron chi connectivity index (χ1n) is 8.22. The molecule has 0 aliphatic heterocycles. The fraction of sp³-hybridized carbons (Fsp3) is 0.250. The van der Waals surface area contributed by atoms with E-state index in [-0.39, 0.29) is 21.7 Å². The Bertz CT molecular complexity index is 871. The van der Waals surface area contributed by atoms with Crippen molar-refractivity contribution in [3.05, 3.63) is 58.6 Å². The molecule has 6 nitrogen and oxygen atoms in total. The zero-order valence-electron chi connectivity index (χ0n) is 15.6. The van der Waals surface area contributed by atoms with Gasteiger partial charge in [-0.15, -0.1) is 0 Å². The number of rotatable bonds is 3. The molecule has 0 bridgehead atoms. The standard InChI is InChI=1S/C20H21ClN2O4/c1-20(2,3)13-6-8-14(9-7-13)22-17(24)18(25)23-16-11-12(19(26)27-4)5-10-15(16)21/h5-11H,1-4H3,(H,22,24)(H,23,25). The van der Waals surface area contributed by atoms with Gasteiger partial charge in [0.2, 0.25) is 0 Å². The van der Waals surface area contributed by atoms with Crippen molar-refractivity contribution in [3.63, 3.8) is 0 Å². The average Bonchev–Trinajstić information content (AvgIpc) is 2.62. The molecule has 0 spiro atoms. The lowest BCUT2D eigenvalue weighted by Gasteiger charge is -2.19. The molecule has 0 atom stereocenters. The summed E-state index contributed by atoms with van der Waals surface area (Å²) in [5, 5.41) is 5.11. The van der Waals surface area contributed by atoms with Crippen LogP contribution >= 0.6 is 11.6 Å². The minimum Gasteiger partial charge on any atom is -0.465 e. The summed E-state index contributed by atoms with van der Waals surface area (Å²) in [5.74, 6) is -2.33. The number of carbonyl (C=O) groups excluding carboxylic acids is 3. The van der Waals surface area contributed by atoms with Crippen molar-refractivity contribution in [1.82, 2.24) is 0 Å². The number of amides is 2. The number of esters is 1. The van der Waals surface area contributed by atoms with Crippen LogP contribution in [0.25, 0.3) is 0 Å². The van der Waals surface area contributed by atoms with Crippen molar-refractivity contribution in [2.75, 3.05) is 17.7 Å². The van der Waals surface area contributed by atoms with E-state index in [2.05, 4.69) is 36.1 Å².